The summed E-state index contributed by atoms with van der Waals surface area (Å²) in [5.41, 5.74) is 2.27. The lowest BCUT2D eigenvalue weighted by atomic mass is 10.0. The van der Waals surface area contributed by atoms with E-state index in [2.05, 4.69) is 31.6 Å². The Labute approximate surface area is 179 Å². The number of nitrogens with zero attached hydrogens (tertiary/aromatic N) is 4. The average Bonchev–Trinajstić information content (AvgIpc) is 2.73. The molecule has 1 saturated heterocycles. The maximum atomic E-state index is 9.01. The van der Waals surface area contributed by atoms with Crippen LogP contribution < -0.4 is 15.5 Å². The molecule has 2 N–H and O–H groups in total. The number of hydrogen-bond acceptors (Lipinski definition) is 5. The molecule has 0 atom stereocenters. The van der Waals surface area contributed by atoms with Gasteiger partial charge in [0.25, 0.3) is 0 Å². The molecule has 0 aliphatic carbocycles. The Kier molecular flexibility index (Phi) is 5.74. The molecule has 0 unspecified atom stereocenters. The molecule has 0 radical (unpaired) electrons. The molecule has 3 aromatic rings. The van der Waals surface area contributed by atoms with Crippen molar-refractivity contribution in [3.8, 4) is 6.07 Å². The maximum Gasteiger partial charge on any atom is 0.170 e. The Morgan fingerprint density at radius 2 is 2.00 bits per heavy atom. The number of anilines is 2. The van der Waals surface area contributed by atoms with Crippen LogP contribution in [0, 0.1) is 11.3 Å². The second kappa shape index (κ2) is 8.60. The van der Waals surface area contributed by atoms with Gasteiger partial charge in [0.2, 0.25) is 0 Å². The molecule has 1 fully saturated rings. The highest BCUT2D eigenvalue weighted by Crippen LogP contribution is 2.27. The van der Waals surface area contributed by atoms with Crippen molar-refractivity contribution in [3.63, 3.8) is 0 Å². The summed E-state index contributed by atoms with van der Waals surface area (Å²) in [5, 5.41) is 17.8. The smallest absolute Gasteiger partial charge is 0.170 e. The Morgan fingerprint density at radius 3 is 2.79 bits per heavy atom. The second-order valence-electron chi connectivity index (χ2n) is 6.91. The highest BCUT2D eigenvalue weighted by molar-refractivity contribution is 7.80. The molecule has 0 amide bonds. The normalized spacial score (nSPS) is 14.4. The molecule has 2 aromatic carbocycles. The standard InChI is InChI=1S/C21H19ClN6S/c22-15-4-5-18-19(11-15)24-13-25-20(18)28-8-6-16(7-9-28)26-21(29)27-17-3-1-2-14(10-17)12-23/h1-5,10-11,13,16H,6-9H2,(H2,26,27,29). The third-order valence-electron chi connectivity index (χ3n) is 4.96. The molecule has 2 heterocycles. The van der Waals surface area contributed by atoms with Crippen LogP contribution in [-0.4, -0.2) is 34.2 Å². The van der Waals surface area contributed by atoms with Crippen LogP contribution in [0.1, 0.15) is 18.4 Å². The summed E-state index contributed by atoms with van der Waals surface area (Å²) in [6.45, 7) is 1.75. The lowest BCUT2D eigenvalue weighted by molar-refractivity contribution is 0.466. The van der Waals surface area contributed by atoms with E-state index in [0.717, 1.165) is 48.3 Å². The highest BCUT2D eigenvalue weighted by atomic mass is 35.5. The third kappa shape index (κ3) is 4.56. The van der Waals surface area contributed by atoms with Crippen molar-refractivity contribution in [2.45, 2.75) is 18.9 Å². The van der Waals surface area contributed by atoms with Gasteiger partial charge in [-0.05, 0) is 61.5 Å². The zero-order valence-electron chi connectivity index (χ0n) is 15.6. The molecule has 6 nitrogen and oxygen atoms in total. The molecular weight excluding hydrogens is 404 g/mol. The number of nitrogens with one attached hydrogen (secondary N) is 2. The number of rotatable bonds is 3. The van der Waals surface area contributed by atoms with Gasteiger partial charge < -0.3 is 15.5 Å². The first-order valence-corrected chi connectivity index (χ1v) is 10.1. The topological polar surface area (TPSA) is 76.9 Å². The Morgan fingerprint density at radius 1 is 1.17 bits per heavy atom. The van der Waals surface area contributed by atoms with E-state index in [-0.39, 0.29) is 6.04 Å². The largest absolute Gasteiger partial charge is 0.360 e. The summed E-state index contributed by atoms with van der Waals surface area (Å²) in [5.74, 6) is 0.944. The monoisotopic (exact) mass is 422 g/mol. The highest BCUT2D eigenvalue weighted by Gasteiger charge is 2.22. The first kappa shape index (κ1) is 19.4. The van der Waals surface area contributed by atoms with Crippen molar-refractivity contribution in [3.05, 3.63) is 59.4 Å². The number of thiocarbonyl (C=S) groups is 1. The number of fused-ring (bicyclic) bond motifs is 1. The number of aromatic nitrogens is 2. The molecule has 1 aromatic heterocycles. The predicted octanol–water partition coefficient (Wildman–Crippen LogP) is 4.11. The minimum atomic E-state index is 0.285. The van der Waals surface area contributed by atoms with E-state index in [1.165, 1.54) is 0 Å². The van der Waals surface area contributed by atoms with Crippen LogP contribution in [0.2, 0.25) is 5.02 Å². The van der Waals surface area contributed by atoms with Crippen LogP contribution in [0.15, 0.2) is 48.8 Å². The van der Waals surface area contributed by atoms with Crippen molar-refractivity contribution >= 4 is 51.3 Å². The molecule has 1 aliphatic heterocycles. The van der Waals surface area contributed by atoms with Crippen molar-refractivity contribution < 1.29 is 0 Å². The van der Waals surface area contributed by atoms with E-state index in [1.54, 1.807) is 18.5 Å². The Hall–Kier alpha value is -2.95. The Bertz CT molecular complexity index is 1090. The molecule has 8 heteroatoms. The van der Waals surface area contributed by atoms with Gasteiger partial charge >= 0.3 is 0 Å². The van der Waals surface area contributed by atoms with Crippen LogP contribution in [0.5, 0.6) is 0 Å². The molecule has 4 rings (SSSR count). The lowest BCUT2D eigenvalue weighted by Gasteiger charge is -2.34. The second-order valence-corrected chi connectivity index (χ2v) is 7.76. The number of halogens is 1. The van der Waals surface area contributed by atoms with Gasteiger partial charge in [-0.15, -0.1) is 0 Å². The van der Waals surface area contributed by atoms with Crippen molar-refractivity contribution in [1.29, 1.82) is 5.26 Å². The van der Waals surface area contributed by atoms with Gasteiger partial charge in [-0.1, -0.05) is 17.7 Å². The van der Waals surface area contributed by atoms with E-state index in [9.17, 15) is 0 Å². The van der Waals surface area contributed by atoms with Crippen molar-refractivity contribution in [1.82, 2.24) is 15.3 Å². The number of piperidine rings is 1. The van der Waals surface area contributed by atoms with Gasteiger partial charge in [-0.2, -0.15) is 5.26 Å². The van der Waals surface area contributed by atoms with Gasteiger partial charge in [0, 0.05) is 35.2 Å². The quantitative estimate of drug-likeness (QED) is 0.615. The predicted molar refractivity (Wildman–Crippen MR) is 120 cm³/mol. The van der Waals surface area contributed by atoms with E-state index in [4.69, 9.17) is 29.1 Å². The first-order chi connectivity index (χ1) is 14.1. The van der Waals surface area contributed by atoms with Crippen molar-refractivity contribution in [2.24, 2.45) is 0 Å². The molecular formula is C21H19ClN6S. The van der Waals surface area contributed by atoms with Crippen LogP contribution in [0.25, 0.3) is 10.9 Å². The number of nitriles is 1. The summed E-state index contributed by atoms with van der Waals surface area (Å²) in [7, 11) is 0. The summed E-state index contributed by atoms with van der Waals surface area (Å²) in [6.07, 6.45) is 3.48. The number of hydrogen-bond donors (Lipinski definition) is 2. The van der Waals surface area contributed by atoms with Crippen LogP contribution in [0.4, 0.5) is 11.5 Å². The van der Waals surface area contributed by atoms with Crippen LogP contribution >= 0.6 is 23.8 Å². The SMILES string of the molecule is N#Cc1cccc(NC(=S)NC2CCN(c3ncnc4cc(Cl)ccc34)CC2)c1. The average molecular weight is 423 g/mol. The minimum Gasteiger partial charge on any atom is -0.360 e. The maximum absolute atomic E-state index is 9.01. The van der Waals surface area contributed by atoms with Gasteiger partial charge in [0.05, 0.1) is 17.1 Å². The molecule has 0 bridgehead atoms. The Balaban J connectivity index is 1.36. The fourth-order valence-electron chi connectivity index (χ4n) is 3.52. The summed E-state index contributed by atoms with van der Waals surface area (Å²) in [6, 6.07) is 15.4. The van der Waals surface area contributed by atoms with Crippen LogP contribution in [-0.2, 0) is 0 Å². The first-order valence-electron chi connectivity index (χ1n) is 9.35. The zero-order chi connectivity index (χ0) is 20.2. The zero-order valence-corrected chi connectivity index (χ0v) is 17.2. The fraction of sp³-hybridized carbons (Fsp3) is 0.238. The van der Waals surface area contributed by atoms with Gasteiger partial charge in [-0.25, -0.2) is 9.97 Å². The van der Waals surface area contributed by atoms with Gasteiger partial charge in [0.15, 0.2) is 5.11 Å². The molecule has 0 saturated carbocycles. The van der Waals surface area contributed by atoms with E-state index < -0.39 is 0 Å². The third-order valence-corrected chi connectivity index (χ3v) is 5.41. The molecule has 146 valence electrons. The molecule has 29 heavy (non-hydrogen) atoms. The van der Waals surface area contributed by atoms with Crippen LogP contribution in [0.3, 0.4) is 0 Å². The van der Waals surface area contributed by atoms with E-state index >= 15 is 0 Å². The van der Waals surface area contributed by atoms with E-state index in [0.29, 0.717) is 15.7 Å². The van der Waals surface area contributed by atoms with Gasteiger partial charge in [-0.3, -0.25) is 0 Å². The number of benzene rings is 2. The molecule has 1 aliphatic rings. The lowest BCUT2D eigenvalue weighted by Crippen LogP contribution is -2.46. The molecule has 0 spiro atoms. The van der Waals surface area contributed by atoms with E-state index in [1.807, 2.05) is 30.3 Å². The fourth-order valence-corrected chi connectivity index (χ4v) is 3.97. The summed E-state index contributed by atoms with van der Waals surface area (Å²) >= 11 is 11.5. The van der Waals surface area contributed by atoms with Gasteiger partial charge in [0.1, 0.15) is 12.1 Å². The minimum absolute atomic E-state index is 0.285. The van der Waals surface area contributed by atoms with Crippen molar-refractivity contribution in [2.75, 3.05) is 23.3 Å². The summed E-state index contributed by atoms with van der Waals surface area (Å²) < 4.78 is 0. The summed E-state index contributed by atoms with van der Waals surface area (Å²) in [4.78, 5) is 11.1.